The van der Waals surface area contributed by atoms with Crippen LogP contribution in [0.2, 0.25) is 0 Å². The summed E-state index contributed by atoms with van der Waals surface area (Å²) in [7, 11) is 0. The standard InChI is InChI=1S/C18H22BrN3O2S/c1-2-24-15-11-14(23)18(15)7-9-22(10-8-18)17-6-3-12(20-21-17)13-4-5-16(19)25-13/h3-6,14-15,23H,2,7-11H2,1H3/t14-,15-/m0/s1. The third-order valence-corrected chi connectivity index (χ3v) is 7.25. The number of rotatable bonds is 4. The Hall–Kier alpha value is -1.02. The van der Waals surface area contributed by atoms with Crippen molar-refractivity contribution in [3.63, 3.8) is 0 Å². The molecule has 2 aromatic rings. The van der Waals surface area contributed by atoms with Crippen LogP contribution < -0.4 is 4.90 Å². The SMILES string of the molecule is CCO[C@H]1C[C@H](O)C12CCN(c1ccc(-c3ccc(Br)s3)nn1)CC2. The Balaban J connectivity index is 1.42. The first-order valence-electron chi connectivity index (χ1n) is 8.76. The molecule has 1 aliphatic heterocycles. The van der Waals surface area contributed by atoms with Gasteiger partial charge < -0.3 is 14.7 Å². The van der Waals surface area contributed by atoms with Gasteiger partial charge in [0.1, 0.15) is 5.69 Å². The van der Waals surface area contributed by atoms with Crippen molar-refractivity contribution in [2.45, 2.75) is 38.4 Å². The lowest BCUT2D eigenvalue weighted by atomic mass is 9.58. The van der Waals surface area contributed by atoms with Gasteiger partial charge >= 0.3 is 0 Å². The average molecular weight is 424 g/mol. The maximum Gasteiger partial charge on any atom is 0.151 e. The molecule has 2 aromatic heterocycles. The molecule has 25 heavy (non-hydrogen) atoms. The molecule has 0 aromatic carbocycles. The average Bonchev–Trinajstić information content (AvgIpc) is 3.08. The van der Waals surface area contributed by atoms with Crippen molar-refractivity contribution in [3.05, 3.63) is 28.1 Å². The summed E-state index contributed by atoms with van der Waals surface area (Å²) >= 11 is 5.14. The van der Waals surface area contributed by atoms with E-state index in [4.69, 9.17) is 4.74 Å². The number of thiophene rings is 1. The number of aliphatic hydroxyl groups excluding tert-OH is 1. The van der Waals surface area contributed by atoms with Gasteiger partial charge in [-0.1, -0.05) is 0 Å². The Morgan fingerprint density at radius 2 is 2.08 bits per heavy atom. The minimum absolute atomic E-state index is 0.0525. The van der Waals surface area contributed by atoms with E-state index in [-0.39, 0.29) is 17.6 Å². The van der Waals surface area contributed by atoms with Crippen molar-refractivity contribution >= 4 is 33.1 Å². The molecule has 4 rings (SSSR count). The van der Waals surface area contributed by atoms with Crippen LogP contribution in [0.25, 0.3) is 10.6 Å². The van der Waals surface area contributed by atoms with E-state index in [2.05, 4.69) is 37.1 Å². The molecular weight excluding hydrogens is 402 g/mol. The molecule has 2 aliphatic rings. The molecule has 2 atom stereocenters. The van der Waals surface area contributed by atoms with Gasteiger partial charge in [0.05, 0.1) is 20.9 Å². The predicted molar refractivity (Wildman–Crippen MR) is 103 cm³/mol. The van der Waals surface area contributed by atoms with Gasteiger partial charge in [-0.2, -0.15) is 0 Å². The first-order valence-corrected chi connectivity index (χ1v) is 10.4. The van der Waals surface area contributed by atoms with Gasteiger partial charge in [0, 0.05) is 31.5 Å². The highest BCUT2D eigenvalue weighted by molar-refractivity contribution is 9.11. The minimum atomic E-state index is -0.225. The third-order valence-electron chi connectivity index (χ3n) is 5.60. The molecule has 5 nitrogen and oxygen atoms in total. The number of ether oxygens (including phenoxy) is 1. The highest BCUT2D eigenvalue weighted by atomic mass is 79.9. The largest absolute Gasteiger partial charge is 0.392 e. The molecule has 1 spiro atoms. The summed E-state index contributed by atoms with van der Waals surface area (Å²) in [6.07, 6.45) is 2.65. The monoisotopic (exact) mass is 423 g/mol. The Labute approximate surface area is 160 Å². The second kappa shape index (κ2) is 6.95. The summed E-state index contributed by atoms with van der Waals surface area (Å²) in [6.45, 7) is 4.52. The summed E-state index contributed by atoms with van der Waals surface area (Å²) in [5.74, 6) is 0.913. The van der Waals surface area contributed by atoms with E-state index >= 15 is 0 Å². The summed E-state index contributed by atoms with van der Waals surface area (Å²) < 4.78 is 6.94. The normalized spacial score (nSPS) is 25.2. The molecule has 134 valence electrons. The zero-order valence-electron chi connectivity index (χ0n) is 14.2. The zero-order valence-corrected chi connectivity index (χ0v) is 16.6. The fraction of sp³-hybridized carbons (Fsp3) is 0.556. The van der Waals surface area contributed by atoms with Gasteiger partial charge in [-0.25, -0.2) is 0 Å². The van der Waals surface area contributed by atoms with Crippen LogP contribution in [-0.2, 0) is 4.74 Å². The van der Waals surface area contributed by atoms with Gasteiger partial charge in [-0.15, -0.1) is 21.5 Å². The lowest BCUT2D eigenvalue weighted by Gasteiger charge is -2.56. The van der Waals surface area contributed by atoms with Crippen LogP contribution in [0.3, 0.4) is 0 Å². The number of nitrogens with zero attached hydrogens (tertiary/aromatic N) is 3. The van der Waals surface area contributed by atoms with E-state index in [9.17, 15) is 5.11 Å². The molecule has 0 bridgehead atoms. The Kier molecular flexibility index (Phi) is 4.83. The van der Waals surface area contributed by atoms with E-state index < -0.39 is 0 Å². The predicted octanol–water partition coefficient (Wildman–Crippen LogP) is 3.72. The van der Waals surface area contributed by atoms with Crippen LogP contribution in [0.15, 0.2) is 28.1 Å². The first kappa shape index (κ1) is 17.4. The van der Waals surface area contributed by atoms with Gasteiger partial charge in [0.25, 0.3) is 0 Å². The summed E-state index contributed by atoms with van der Waals surface area (Å²) in [5.41, 5.74) is 0.849. The number of aromatic nitrogens is 2. The van der Waals surface area contributed by atoms with Crippen molar-refractivity contribution < 1.29 is 9.84 Å². The Bertz CT molecular complexity index is 726. The lowest BCUT2D eigenvalue weighted by Crippen LogP contribution is -2.62. The highest BCUT2D eigenvalue weighted by Crippen LogP contribution is 2.51. The summed E-state index contributed by atoms with van der Waals surface area (Å²) in [5, 5.41) is 19.1. The number of hydrogen-bond acceptors (Lipinski definition) is 6. The molecule has 2 fully saturated rings. The van der Waals surface area contributed by atoms with Crippen molar-refractivity contribution in [2.75, 3.05) is 24.6 Å². The number of halogens is 1. The third kappa shape index (κ3) is 3.12. The van der Waals surface area contributed by atoms with Crippen LogP contribution in [0, 0.1) is 5.41 Å². The molecule has 0 radical (unpaired) electrons. The van der Waals surface area contributed by atoms with E-state index in [0.717, 1.165) is 52.5 Å². The van der Waals surface area contributed by atoms with Gasteiger partial charge in [0.2, 0.25) is 0 Å². The zero-order chi connectivity index (χ0) is 17.4. The maximum absolute atomic E-state index is 10.3. The maximum atomic E-state index is 10.3. The van der Waals surface area contributed by atoms with E-state index in [1.807, 2.05) is 25.1 Å². The van der Waals surface area contributed by atoms with Crippen LogP contribution in [-0.4, -0.2) is 47.2 Å². The first-order chi connectivity index (χ1) is 12.1. The molecule has 1 saturated heterocycles. The molecule has 0 unspecified atom stereocenters. The van der Waals surface area contributed by atoms with Crippen molar-refractivity contribution in [3.8, 4) is 10.6 Å². The smallest absolute Gasteiger partial charge is 0.151 e. The highest BCUT2D eigenvalue weighted by Gasteiger charge is 2.56. The van der Waals surface area contributed by atoms with E-state index in [0.29, 0.717) is 6.61 Å². The Morgan fingerprint density at radius 3 is 2.64 bits per heavy atom. The second-order valence-corrected chi connectivity index (χ2v) is 9.26. The molecule has 0 amide bonds. The van der Waals surface area contributed by atoms with Crippen molar-refractivity contribution in [1.29, 1.82) is 0 Å². The second-order valence-electron chi connectivity index (χ2n) is 6.80. The fourth-order valence-electron chi connectivity index (χ4n) is 4.05. The number of aliphatic hydroxyl groups is 1. The van der Waals surface area contributed by atoms with Gasteiger partial charge in [-0.3, -0.25) is 0 Å². The molecule has 1 aliphatic carbocycles. The molecule has 1 N–H and O–H groups in total. The van der Waals surface area contributed by atoms with Crippen LogP contribution >= 0.6 is 27.3 Å². The lowest BCUT2D eigenvalue weighted by molar-refractivity contribution is -0.199. The van der Waals surface area contributed by atoms with Gasteiger partial charge in [-0.05, 0) is 60.0 Å². The number of hydrogen-bond donors (Lipinski definition) is 1. The van der Waals surface area contributed by atoms with Gasteiger partial charge in [0.15, 0.2) is 5.82 Å². The molecular formula is C18H22BrN3O2S. The molecule has 1 saturated carbocycles. The molecule has 3 heterocycles. The van der Waals surface area contributed by atoms with Crippen LogP contribution in [0.5, 0.6) is 0 Å². The fourth-order valence-corrected chi connectivity index (χ4v) is 5.40. The Morgan fingerprint density at radius 1 is 1.28 bits per heavy atom. The van der Waals surface area contributed by atoms with Crippen LogP contribution in [0.4, 0.5) is 5.82 Å². The minimum Gasteiger partial charge on any atom is -0.392 e. The van der Waals surface area contributed by atoms with Crippen molar-refractivity contribution in [2.24, 2.45) is 5.41 Å². The number of anilines is 1. The summed E-state index contributed by atoms with van der Waals surface area (Å²) in [4.78, 5) is 3.38. The van der Waals surface area contributed by atoms with E-state index in [1.165, 1.54) is 0 Å². The van der Waals surface area contributed by atoms with Crippen LogP contribution in [0.1, 0.15) is 26.2 Å². The molecule has 7 heteroatoms. The van der Waals surface area contributed by atoms with E-state index in [1.54, 1.807) is 11.3 Å². The van der Waals surface area contributed by atoms with Crippen molar-refractivity contribution in [1.82, 2.24) is 10.2 Å². The quantitative estimate of drug-likeness (QED) is 0.811. The number of piperidine rings is 1. The summed E-state index contributed by atoms with van der Waals surface area (Å²) in [6, 6.07) is 8.16. The topological polar surface area (TPSA) is 58.5 Å².